The second-order valence-corrected chi connectivity index (χ2v) is 5.79. The number of carbonyl (C=O) groups is 1. The first-order valence-electron chi connectivity index (χ1n) is 8.10. The van der Waals surface area contributed by atoms with Gasteiger partial charge in [0.2, 0.25) is 0 Å². The molecule has 0 amide bonds. The van der Waals surface area contributed by atoms with Crippen molar-refractivity contribution in [1.29, 1.82) is 0 Å². The van der Waals surface area contributed by atoms with Gasteiger partial charge in [-0.2, -0.15) is 0 Å². The fourth-order valence-electron chi connectivity index (χ4n) is 2.94. The molecule has 7 nitrogen and oxygen atoms in total. The van der Waals surface area contributed by atoms with Gasteiger partial charge in [0.1, 0.15) is 11.9 Å². The Morgan fingerprint density at radius 1 is 1.00 bits per heavy atom. The van der Waals surface area contributed by atoms with Crippen LogP contribution in [-0.4, -0.2) is 42.5 Å². The van der Waals surface area contributed by atoms with Gasteiger partial charge in [-0.15, -0.1) is 0 Å². The third-order valence-electron chi connectivity index (χ3n) is 4.32. The molecule has 0 saturated heterocycles. The summed E-state index contributed by atoms with van der Waals surface area (Å²) in [6.07, 6.45) is 0.151. The first-order chi connectivity index (χ1) is 13.0. The molecular formula is C20H19NO6. The van der Waals surface area contributed by atoms with Crippen LogP contribution < -0.4 is 14.2 Å². The quantitative estimate of drug-likeness (QED) is 0.689. The van der Waals surface area contributed by atoms with E-state index in [-0.39, 0.29) is 5.56 Å². The maximum Gasteiger partial charge on any atom is 0.337 e. The number of fused-ring (bicyclic) bond motifs is 1. The topological polar surface area (TPSA) is 98.1 Å². The normalized spacial score (nSPS) is 11.9. The van der Waals surface area contributed by atoms with Crippen LogP contribution in [0.25, 0.3) is 10.8 Å². The molecule has 3 aromatic rings. The summed E-state index contributed by atoms with van der Waals surface area (Å²) in [6.45, 7) is 0. The third-order valence-corrected chi connectivity index (χ3v) is 4.32. The van der Waals surface area contributed by atoms with Gasteiger partial charge in [-0.1, -0.05) is 12.1 Å². The fourth-order valence-corrected chi connectivity index (χ4v) is 2.94. The standard InChI is InChI=1S/C20H19NO6/c1-25-12-6-4-5-11(7-12)19(22)18-14-9-17(27-3)16(26-2)8-13(14)15(10-21-18)20(23)24/h4-10,19,22H,1-3H3,(H,23,24). The van der Waals surface area contributed by atoms with Crippen LogP contribution in [0, 0.1) is 0 Å². The van der Waals surface area contributed by atoms with E-state index >= 15 is 0 Å². The van der Waals surface area contributed by atoms with E-state index < -0.39 is 12.1 Å². The smallest absolute Gasteiger partial charge is 0.337 e. The van der Waals surface area contributed by atoms with Crippen molar-refractivity contribution in [3.05, 3.63) is 59.4 Å². The van der Waals surface area contributed by atoms with E-state index in [1.54, 1.807) is 36.4 Å². The Kier molecular flexibility index (Phi) is 5.14. The molecule has 1 unspecified atom stereocenters. The molecule has 3 rings (SSSR count). The molecule has 140 valence electrons. The molecule has 0 spiro atoms. The molecule has 0 aliphatic heterocycles. The minimum Gasteiger partial charge on any atom is -0.497 e. The number of hydrogen-bond donors (Lipinski definition) is 2. The zero-order valence-corrected chi connectivity index (χ0v) is 15.1. The molecule has 2 N–H and O–H groups in total. The zero-order chi connectivity index (χ0) is 19.6. The Morgan fingerprint density at radius 2 is 1.67 bits per heavy atom. The van der Waals surface area contributed by atoms with E-state index in [9.17, 15) is 15.0 Å². The van der Waals surface area contributed by atoms with Gasteiger partial charge in [0.25, 0.3) is 0 Å². The number of carboxylic acid groups (broad SMARTS) is 1. The molecule has 1 heterocycles. The molecule has 2 aromatic carbocycles. The summed E-state index contributed by atoms with van der Waals surface area (Å²) in [5, 5.41) is 21.2. The largest absolute Gasteiger partial charge is 0.497 e. The highest BCUT2D eigenvalue weighted by molar-refractivity contribution is 6.05. The Bertz CT molecular complexity index is 1000. The van der Waals surface area contributed by atoms with Crippen molar-refractivity contribution in [1.82, 2.24) is 4.98 Å². The Balaban J connectivity index is 2.26. The highest BCUT2D eigenvalue weighted by atomic mass is 16.5. The molecule has 0 aliphatic carbocycles. The van der Waals surface area contributed by atoms with Gasteiger partial charge in [0, 0.05) is 17.0 Å². The zero-order valence-electron chi connectivity index (χ0n) is 15.1. The first-order valence-corrected chi connectivity index (χ1v) is 8.10. The lowest BCUT2D eigenvalue weighted by Crippen LogP contribution is -2.07. The molecule has 0 bridgehead atoms. The number of carboxylic acids is 1. The SMILES string of the molecule is COc1cccc(C(O)c2ncc(C(=O)O)c3cc(OC)c(OC)cc23)c1. The lowest BCUT2D eigenvalue weighted by Gasteiger charge is -2.17. The number of nitrogens with zero attached hydrogens (tertiary/aromatic N) is 1. The van der Waals surface area contributed by atoms with Crippen molar-refractivity contribution in [2.75, 3.05) is 21.3 Å². The van der Waals surface area contributed by atoms with Gasteiger partial charge in [-0.3, -0.25) is 4.98 Å². The van der Waals surface area contributed by atoms with E-state index in [1.165, 1.54) is 27.5 Å². The predicted octanol–water partition coefficient (Wildman–Crippen LogP) is 3.04. The van der Waals surface area contributed by atoms with Crippen LogP contribution >= 0.6 is 0 Å². The van der Waals surface area contributed by atoms with E-state index in [0.29, 0.717) is 39.3 Å². The lowest BCUT2D eigenvalue weighted by atomic mass is 9.98. The molecule has 27 heavy (non-hydrogen) atoms. The molecular weight excluding hydrogens is 350 g/mol. The molecule has 0 radical (unpaired) electrons. The van der Waals surface area contributed by atoms with Crippen LogP contribution in [0.2, 0.25) is 0 Å². The van der Waals surface area contributed by atoms with Crippen LogP contribution in [0.1, 0.15) is 27.7 Å². The van der Waals surface area contributed by atoms with Crippen LogP contribution in [0.15, 0.2) is 42.6 Å². The van der Waals surface area contributed by atoms with E-state index in [2.05, 4.69) is 4.98 Å². The number of aliphatic hydroxyl groups excluding tert-OH is 1. The minimum atomic E-state index is -1.12. The summed E-state index contributed by atoms with van der Waals surface area (Å²) in [5.41, 5.74) is 0.887. The van der Waals surface area contributed by atoms with E-state index in [0.717, 1.165) is 0 Å². The number of aromatic nitrogens is 1. The minimum absolute atomic E-state index is 0.00699. The molecule has 7 heteroatoms. The van der Waals surface area contributed by atoms with Gasteiger partial charge in [0.15, 0.2) is 11.5 Å². The van der Waals surface area contributed by atoms with Crippen molar-refractivity contribution < 1.29 is 29.2 Å². The summed E-state index contributed by atoms with van der Waals surface area (Å²) in [6, 6.07) is 10.2. The second kappa shape index (κ2) is 7.51. The van der Waals surface area contributed by atoms with Crippen LogP contribution in [0.4, 0.5) is 0 Å². The number of benzene rings is 2. The number of methoxy groups -OCH3 is 3. The van der Waals surface area contributed by atoms with Gasteiger partial charge < -0.3 is 24.4 Å². The number of rotatable bonds is 6. The van der Waals surface area contributed by atoms with Crippen LogP contribution in [0.3, 0.4) is 0 Å². The number of aromatic carboxylic acids is 1. The van der Waals surface area contributed by atoms with Crippen LogP contribution in [-0.2, 0) is 0 Å². The molecule has 1 atom stereocenters. The summed E-state index contributed by atoms with van der Waals surface area (Å²) in [7, 11) is 4.49. The summed E-state index contributed by atoms with van der Waals surface area (Å²) in [4.78, 5) is 15.8. The van der Waals surface area contributed by atoms with Gasteiger partial charge >= 0.3 is 5.97 Å². The monoisotopic (exact) mass is 369 g/mol. The fraction of sp³-hybridized carbons (Fsp3) is 0.200. The maximum atomic E-state index is 11.6. The van der Waals surface area contributed by atoms with E-state index in [1.807, 2.05) is 0 Å². The van der Waals surface area contributed by atoms with E-state index in [4.69, 9.17) is 14.2 Å². The molecule has 0 aliphatic rings. The van der Waals surface area contributed by atoms with Gasteiger partial charge in [-0.05, 0) is 29.8 Å². The summed E-state index contributed by atoms with van der Waals surface area (Å²) < 4.78 is 15.8. The highest BCUT2D eigenvalue weighted by Crippen LogP contribution is 2.37. The number of ether oxygens (including phenoxy) is 3. The number of aliphatic hydroxyl groups is 1. The Hall–Kier alpha value is -3.32. The second-order valence-electron chi connectivity index (χ2n) is 5.79. The molecule has 0 fully saturated rings. The summed E-state index contributed by atoms with van der Waals surface area (Å²) >= 11 is 0. The van der Waals surface area contributed by atoms with Crippen molar-refractivity contribution in [3.63, 3.8) is 0 Å². The van der Waals surface area contributed by atoms with Gasteiger partial charge in [0.05, 0.1) is 32.6 Å². The average molecular weight is 369 g/mol. The first kappa shape index (κ1) is 18.5. The number of hydrogen-bond acceptors (Lipinski definition) is 6. The van der Waals surface area contributed by atoms with Crippen molar-refractivity contribution in [2.45, 2.75) is 6.10 Å². The molecule has 1 aromatic heterocycles. The predicted molar refractivity (Wildman–Crippen MR) is 98.9 cm³/mol. The Morgan fingerprint density at radius 3 is 2.26 bits per heavy atom. The lowest BCUT2D eigenvalue weighted by molar-refractivity contribution is 0.0698. The van der Waals surface area contributed by atoms with Gasteiger partial charge in [-0.25, -0.2) is 4.79 Å². The Labute approximate surface area is 155 Å². The maximum absolute atomic E-state index is 11.6. The van der Waals surface area contributed by atoms with Crippen molar-refractivity contribution >= 4 is 16.7 Å². The average Bonchev–Trinajstić information content (AvgIpc) is 2.71. The summed E-state index contributed by atoms with van der Waals surface area (Å²) in [5.74, 6) is 0.272. The molecule has 0 saturated carbocycles. The number of pyridine rings is 1. The van der Waals surface area contributed by atoms with Crippen molar-refractivity contribution in [2.24, 2.45) is 0 Å². The third kappa shape index (κ3) is 3.37. The van der Waals surface area contributed by atoms with Crippen molar-refractivity contribution in [3.8, 4) is 17.2 Å². The highest BCUT2D eigenvalue weighted by Gasteiger charge is 2.21. The van der Waals surface area contributed by atoms with Crippen LogP contribution in [0.5, 0.6) is 17.2 Å².